The molecule has 0 bridgehead atoms. The number of carboxylic acids is 1. The number of hydrogen-bond donors (Lipinski definition) is 2. The first-order valence-corrected chi connectivity index (χ1v) is 10.1. The second-order valence-electron chi connectivity index (χ2n) is 7.16. The van der Waals surface area contributed by atoms with Gasteiger partial charge in [0.15, 0.2) is 11.2 Å². The zero-order chi connectivity index (χ0) is 23.2. The van der Waals surface area contributed by atoms with Gasteiger partial charge in [-0.2, -0.15) is 4.98 Å². The van der Waals surface area contributed by atoms with Crippen molar-refractivity contribution in [3.63, 3.8) is 0 Å². The van der Waals surface area contributed by atoms with Gasteiger partial charge in [-0.15, -0.1) is 0 Å². The minimum Gasteiger partial charge on any atom is -0.478 e. The Morgan fingerprint density at radius 2 is 1.72 bits per heavy atom. The number of fused-ring (bicyclic) bond motifs is 1. The fourth-order valence-corrected chi connectivity index (χ4v) is 3.66. The van der Waals surface area contributed by atoms with Gasteiger partial charge < -0.3 is 15.0 Å². The summed E-state index contributed by atoms with van der Waals surface area (Å²) in [7, 11) is 3.19. The van der Waals surface area contributed by atoms with E-state index in [1.165, 1.54) is 23.7 Å². The average molecular weight is 474 g/mol. The Morgan fingerprint density at radius 3 is 2.34 bits per heavy atom. The van der Waals surface area contributed by atoms with Crippen LogP contribution in [-0.2, 0) is 20.6 Å². The summed E-state index contributed by atoms with van der Waals surface area (Å²) in [6.07, 6.45) is 0. The van der Waals surface area contributed by atoms with Crippen LogP contribution in [0.4, 0.5) is 11.6 Å². The topological polar surface area (TPSA) is 111 Å². The summed E-state index contributed by atoms with van der Waals surface area (Å²) in [4.78, 5) is 41.5. The zero-order valence-corrected chi connectivity index (χ0v) is 18.5. The lowest BCUT2D eigenvalue weighted by molar-refractivity contribution is 0.0697. The molecule has 0 spiro atoms. The summed E-state index contributed by atoms with van der Waals surface area (Å²) in [6, 6.07) is 11.0. The van der Waals surface area contributed by atoms with Crippen molar-refractivity contribution >= 4 is 52.0 Å². The van der Waals surface area contributed by atoms with Crippen LogP contribution in [0.5, 0.6) is 0 Å². The summed E-state index contributed by atoms with van der Waals surface area (Å²) in [5, 5.41) is 12.8. The molecule has 0 aliphatic rings. The molecule has 32 heavy (non-hydrogen) atoms. The molecule has 0 aliphatic heterocycles. The molecular formula is C21H17Cl2N5O4. The molecule has 4 rings (SSSR count). The van der Waals surface area contributed by atoms with Crippen molar-refractivity contribution in [2.24, 2.45) is 14.1 Å². The minimum absolute atomic E-state index is 0.0168. The molecule has 0 atom stereocenters. The third-order valence-corrected chi connectivity index (χ3v) is 5.81. The lowest BCUT2D eigenvalue weighted by atomic mass is 10.2. The van der Waals surface area contributed by atoms with Crippen molar-refractivity contribution in [2.75, 3.05) is 5.32 Å². The van der Waals surface area contributed by atoms with Gasteiger partial charge in [0, 0.05) is 19.8 Å². The maximum Gasteiger partial charge on any atom is 0.335 e. The largest absolute Gasteiger partial charge is 0.478 e. The van der Waals surface area contributed by atoms with Crippen LogP contribution < -0.4 is 16.6 Å². The predicted molar refractivity (Wildman–Crippen MR) is 122 cm³/mol. The van der Waals surface area contributed by atoms with E-state index >= 15 is 0 Å². The molecule has 0 amide bonds. The van der Waals surface area contributed by atoms with E-state index in [1.807, 2.05) is 0 Å². The number of nitrogens with zero attached hydrogens (tertiary/aromatic N) is 4. The van der Waals surface area contributed by atoms with E-state index in [1.54, 1.807) is 41.9 Å². The number of aromatic carboxylic acids is 1. The molecule has 9 nitrogen and oxygen atoms in total. The molecule has 0 saturated carbocycles. The fourth-order valence-electron chi connectivity index (χ4n) is 3.34. The van der Waals surface area contributed by atoms with Gasteiger partial charge in [0.05, 0.1) is 22.2 Å². The number of imidazole rings is 1. The molecule has 0 saturated heterocycles. The number of hydrogen-bond acceptors (Lipinski definition) is 5. The van der Waals surface area contributed by atoms with Gasteiger partial charge in [-0.05, 0) is 42.0 Å². The predicted octanol–water partition coefficient (Wildman–Crippen LogP) is 3.23. The Morgan fingerprint density at radius 1 is 1.03 bits per heavy atom. The molecule has 2 heterocycles. The maximum absolute atomic E-state index is 13.2. The van der Waals surface area contributed by atoms with Crippen molar-refractivity contribution < 1.29 is 9.90 Å². The van der Waals surface area contributed by atoms with Crippen LogP contribution >= 0.6 is 23.2 Å². The van der Waals surface area contributed by atoms with Crippen molar-refractivity contribution in [1.82, 2.24) is 18.7 Å². The highest BCUT2D eigenvalue weighted by atomic mass is 35.5. The SMILES string of the molecule is Cn1c(Nc2ccc(C(=O)O)cc2)nc2c1c(=O)n(Cc1ccc(Cl)c(Cl)c1)c(=O)n2C. The highest BCUT2D eigenvalue weighted by molar-refractivity contribution is 6.42. The van der Waals surface area contributed by atoms with Crippen LogP contribution in [0.25, 0.3) is 11.2 Å². The fraction of sp³-hybridized carbons (Fsp3) is 0.143. The first-order valence-electron chi connectivity index (χ1n) is 9.38. The smallest absolute Gasteiger partial charge is 0.335 e. The number of aromatic nitrogens is 4. The second-order valence-corrected chi connectivity index (χ2v) is 7.97. The Bertz CT molecular complexity index is 1490. The molecule has 2 aromatic heterocycles. The number of halogens is 2. The van der Waals surface area contributed by atoms with E-state index in [4.69, 9.17) is 28.3 Å². The number of anilines is 2. The standard InChI is InChI=1S/C21H17Cl2N5O4/c1-26-16-17(25-20(26)24-13-6-4-12(5-7-13)19(30)31)27(2)21(32)28(18(16)29)10-11-3-8-14(22)15(23)9-11/h3-9H,10H2,1-2H3,(H,24,25)(H,30,31). The molecule has 0 aliphatic carbocycles. The molecule has 164 valence electrons. The van der Waals surface area contributed by atoms with Crippen molar-refractivity contribution in [2.45, 2.75) is 6.54 Å². The first kappa shape index (κ1) is 21.7. The van der Waals surface area contributed by atoms with Gasteiger partial charge in [-0.3, -0.25) is 13.9 Å². The minimum atomic E-state index is -1.03. The van der Waals surface area contributed by atoms with Crippen LogP contribution in [0.3, 0.4) is 0 Å². The van der Waals surface area contributed by atoms with Crippen LogP contribution in [-0.4, -0.2) is 29.8 Å². The van der Waals surface area contributed by atoms with E-state index in [0.717, 1.165) is 4.57 Å². The van der Waals surface area contributed by atoms with Gasteiger partial charge in [-0.25, -0.2) is 9.59 Å². The van der Waals surface area contributed by atoms with Crippen molar-refractivity contribution in [3.05, 3.63) is 84.5 Å². The van der Waals surface area contributed by atoms with Crippen LogP contribution in [0.15, 0.2) is 52.1 Å². The van der Waals surface area contributed by atoms with E-state index < -0.39 is 17.2 Å². The number of aryl methyl sites for hydroxylation is 2. The van der Waals surface area contributed by atoms with Gasteiger partial charge in [0.1, 0.15) is 0 Å². The lowest BCUT2D eigenvalue weighted by Gasteiger charge is -2.09. The molecule has 0 fully saturated rings. The Hall–Kier alpha value is -3.56. The van der Waals surface area contributed by atoms with Crippen LogP contribution in [0, 0.1) is 0 Å². The maximum atomic E-state index is 13.2. The Kier molecular flexibility index (Phi) is 5.53. The molecule has 0 unspecified atom stereocenters. The zero-order valence-electron chi connectivity index (χ0n) is 17.0. The third kappa shape index (κ3) is 3.76. The van der Waals surface area contributed by atoms with E-state index in [-0.39, 0.29) is 23.3 Å². The summed E-state index contributed by atoms with van der Waals surface area (Å²) in [6.45, 7) is 0.0168. The van der Waals surface area contributed by atoms with E-state index in [9.17, 15) is 14.4 Å². The van der Waals surface area contributed by atoms with Gasteiger partial charge in [-0.1, -0.05) is 29.3 Å². The Balaban J connectivity index is 1.78. The lowest BCUT2D eigenvalue weighted by Crippen LogP contribution is -2.39. The number of carbonyl (C=O) groups is 1. The normalized spacial score (nSPS) is 11.1. The molecular weight excluding hydrogens is 457 g/mol. The summed E-state index contributed by atoms with van der Waals surface area (Å²) < 4.78 is 3.95. The molecule has 0 radical (unpaired) electrons. The average Bonchev–Trinajstić information content (AvgIpc) is 3.09. The number of carboxylic acid groups (broad SMARTS) is 1. The first-order chi connectivity index (χ1) is 15.2. The second kappa shape index (κ2) is 8.18. The quantitative estimate of drug-likeness (QED) is 0.460. The van der Waals surface area contributed by atoms with Gasteiger partial charge in [0.25, 0.3) is 5.56 Å². The highest BCUT2D eigenvalue weighted by Crippen LogP contribution is 2.23. The highest BCUT2D eigenvalue weighted by Gasteiger charge is 2.19. The van der Waals surface area contributed by atoms with E-state index in [0.29, 0.717) is 27.2 Å². The van der Waals surface area contributed by atoms with Gasteiger partial charge >= 0.3 is 11.7 Å². The molecule has 2 N–H and O–H groups in total. The van der Waals surface area contributed by atoms with Crippen LogP contribution in [0.1, 0.15) is 15.9 Å². The number of benzene rings is 2. The van der Waals surface area contributed by atoms with E-state index in [2.05, 4.69) is 10.3 Å². The number of rotatable bonds is 5. The monoisotopic (exact) mass is 473 g/mol. The summed E-state index contributed by atoms with van der Waals surface area (Å²) in [5.74, 6) is -0.709. The Labute approximate surface area is 191 Å². The van der Waals surface area contributed by atoms with Gasteiger partial charge in [0.2, 0.25) is 5.95 Å². The molecule has 2 aromatic carbocycles. The summed E-state index contributed by atoms with van der Waals surface area (Å²) in [5.41, 5.74) is 0.802. The van der Waals surface area contributed by atoms with Crippen LogP contribution in [0.2, 0.25) is 10.0 Å². The van der Waals surface area contributed by atoms with Crippen molar-refractivity contribution in [1.29, 1.82) is 0 Å². The molecule has 4 aromatic rings. The van der Waals surface area contributed by atoms with Crippen molar-refractivity contribution in [3.8, 4) is 0 Å². The molecule has 11 heteroatoms. The number of nitrogens with one attached hydrogen (secondary N) is 1. The third-order valence-electron chi connectivity index (χ3n) is 5.07. The summed E-state index contributed by atoms with van der Waals surface area (Å²) >= 11 is 12.0.